The fraction of sp³-hybridized carbons (Fsp3) is 0.280. The first-order valence-electron chi connectivity index (χ1n) is 11.2. The van der Waals surface area contributed by atoms with Crippen LogP contribution in [0.15, 0.2) is 53.3 Å². The first-order valence-corrected chi connectivity index (χ1v) is 12.0. The molecular formula is C25H26N6O2S. The Morgan fingerprint density at radius 3 is 2.38 bits per heavy atom. The number of aromatic nitrogens is 3. The van der Waals surface area contributed by atoms with Crippen molar-refractivity contribution in [1.29, 1.82) is 0 Å². The SMILES string of the molecule is Cc1cc(C)cc(NC(=O)N2CCN(c3cc(=O)n4nc(-c5ccccc5C)sc4n3)CC2)c1. The molecule has 9 heteroatoms. The van der Waals surface area contributed by atoms with Crippen molar-refractivity contribution in [3.63, 3.8) is 0 Å². The van der Waals surface area contributed by atoms with E-state index in [1.807, 2.05) is 57.2 Å². The van der Waals surface area contributed by atoms with Crippen LogP contribution in [0.1, 0.15) is 16.7 Å². The van der Waals surface area contributed by atoms with Crippen molar-refractivity contribution < 1.29 is 4.79 Å². The van der Waals surface area contributed by atoms with Gasteiger partial charge in [0.1, 0.15) is 10.8 Å². The Labute approximate surface area is 201 Å². The molecule has 1 saturated heterocycles. The summed E-state index contributed by atoms with van der Waals surface area (Å²) >= 11 is 1.41. The molecule has 34 heavy (non-hydrogen) atoms. The number of hydrogen-bond donors (Lipinski definition) is 1. The molecular weight excluding hydrogens is 448 g/mol. The van der Waals surface area contributed by atoms with Gasteiger partial charge in [-0.25, -0.2) is 9.78 Å². The van der Waals surface area contributed by atoms with Crippen molar-refractivity contribution in [2.45, 2.75) is 20.8 Å². The largest absolute Gasteiger partial charge is 0.353 e. The molecule has 0 bridgehead atoms. The molecule has 0 spiro atoms. The maximum atomic E-state index is 12.8. The number of benzene rings is 2. The lowest BCUT2D eigenvalue weighted by molar-refractivity contribution is 0.208. The Bertz CT molecular complexity index is 1410. The molecule has 2 aromatic heterocycles. The number of aryl methyl sites for hydroxylation is 3. The van der Waals surface area contributed by atoms with Crippen LogP contribution in [0.2, 0.25) is 0 Å². The molecule has 0 saturated carbocycles. The number of urea groups is 1. The van der Waals surface area contributed by atoms with Gasteiger partial charge in [-0.1, -0.05) is 41.7 Å². The van der Waals surface area contributed by atoms with Gasteiger partial charge in [0.2, 0.25) is 4.96 Å². The number of carbonyl (C=O) groups is 1. The van der Waals surface area contributed by atoms with Gasteiger partial charge in [0.25, 0.3) is 5.56 Å². The number of anilines is 2. The van der Waals surface area contributed by atoms with E-state index in [1.54, 1.807) is 4.90 Å². The fourth-order valence-corrected chi connectivity index (χ4v) is 5.26. The number of hydrogen-bond acceptors (Lipinski definition) is 6. The molecule has 1 aliphatic heterocycles. The lowest BCUT2D eigenvalue weighted by atomic mass is 10.1. The minimum Gasteiger partial charge on any atom is -0.353 e. The summed E-state index contributed by atoms with van der Waals surface area (Å²) in [6.45, 7) is 8.36. The lowest BCUT2D eigenvalue weighted by Gasteiger charge is -2.35. The average Bonchev–Trinajstić information content (AvgIpc) is 3.23. The Morgan fingerprint density at radius 1 is 0.971 bits per heavy atom. The third-order valence-corrected chi connectivity index (χ3v) is 6.91. The topological polar surface area (TPSA) is 82.8 Å². The fourth-order valence-electron chi connectivity index (χ4n) is 4.27. The molecule has 0 unspecified atom stereocenters. The minimum absolute atomic E-state index is 0.113. The zero-order chi connectivity index (χ0) is 23.8. The lowest BCUT2D eigenvalue weighted by Crippen LogP contribution is -2.50. The summed E-state index contributed by atoms with van der Waals surface area (Å²) in [5.74, 6) is 0.624. The highest BCUT2D eigenvalue weighted by molar-refractivity contribution is 7.19. The van der Waals surface area contributed by atoms with Crippen LogP contribution in [-0.4, -0.2) is 51.7 Å². The predicted molar refractivity (Wildman–Crippen MR) is 136 cm³/mol. The van der Waals surface area contributed by atoms with Gasteiger partial charge in [-0.3, -0.25) is 4.79 Å². The van der Waals surface area contributed by atoms with Gasteiger partial charge in [-0.15, -0.1) is 0 Å². The molecule has 0 radical (unpaired) electrons. The first-order chi connectivity index (χ1) is 16.4. The number of amides is 2. The standard InChI is InChI=1S/C25H26N6O2S/c1-16-12-17(2)14-19(13-16)26-24(33)30-10-8-29(9-11-30)21-15-22(32)31-25(27-21)34-23(28-31)20-7-5-4-6-18(20)3/h4-7,12-15H,8-11H2,1-3H3,(H,26,33). The molecule has 0 atom stereocenters. The minimum atomic E-state index is -0.203. The third-order valence-electron chi connectivity index (χ3n) is 5.97. The molecule has 2 amide bonds. The summed E-state index contributed by atoms with van der Waals surface area (Å²) in [7, 11) is 0. The quantitative estimate of drug-likeness (QED) is 0.483. The van der Waals surface area contributed by atoms with Crippen molar-refractivity contribution in [1.82, 2.24) is 19.5 Å². The monoisotopic (exact) mass is 474 g/mol. The number of nitrogens with zero attached hydrogens (tertiary/aromatic N) is 5. The Kier molecular flexibility index (Phi) is 5.79. The van der Waals surface area contributed by atoms with Crippen LogP contribution >= 0.6 is 11.3 Å². The van der Waals surface area contributed by atoms with Crippen molar-refractivity contribution in [3.05, 3.63) is 75.6 Å². The van der Waals surface area contributed by atoms with E-state index in [-0.39, 0.29) is 11.6 Å². The summed E-state index contributed by atoms with van der Waals surface area (Å²) in [4.78, 5) is 34.6. The van der Waals surface area contributed by atoms with E-state index in [4.69, 9.17) is 4.98 Å². The summed E-state index contributed by atoms with van der Waals surface area (Å²) in [6, 6.07) is 15.4. The van der Waals surface area contributed by atoms with E-state index in [9.17, 15) is 9.59 Å². The van der Waals surface area contributed by atoms with Crippen LogP contribution < -0.4 is 15.8 Å². The van der Waals surface area contributed by atoms with Crippen LogP contribution in [0.3, 0.4) is 0 Å². The van der Waals surface area contributed by atoms with Crippen LogP contribution in [0, 0.1) is 20.8 Å². The van der Waals surface area contributed by atoms with Gasteiger partial charge in [0.15, 0.2) is 0 Å². The van der Waals surface area contributed by atoms with E-state index in [2.05, 4.69) is 21.4 Å². The van der Waals surface area contributed by atoms with E-state index in [1.165, 1.54) is 21.9 Å². The van der Waals surface area contributed by atoms with Crippen LogP contribution in [-0.2, 0) is 0 Å². The number of nitrogens with one attached hydrogen (secondary N) is 1. The molecule has 5 rings (SSSR count). The van der Waals surface area contributed by atoms with Crippen LogP contribution in [0.25, 0.3) is 15.5 Å². The molecule has 1 aliphatic rings. The zero-order valence-electron chi connectivity index (χ0n) is 19.4. The molecule has 1 N–H and O–H groups in total. The van der Waals surface area contributed by atoms with Gasteiger partial charge in [-0.05, 0) is 49.6 Å². The molecule has 4 aromatic rings. The van der Waals surface area contributed by atoms with E-state index in [0.717, 1.165) is 32.9 Å². The highest BCUT2D eigenvalue weighted by Crippen LogP contribution is 2.28. The second-order valence-corrected chi connectivity index (χ2v) is 9.61. The predicted octanol–water partition coefficient (Wildman–Crippen LogP) is 4.10. The maximum Gasteiger partial charge on any atom is 0.321 e. The molecule has 0 aliphatic carbocycles. The zero-order valence-corrected chi connectivity index (χ0v) is 20.2. The van der Waals surface area contributed by atoms with Crippen LogP contribution in [0.4, 0.5) is 16.3 Å². The van der Waals surface area contributed by atoms with Crippen molar-refractivity contribution in [3.8, 4) is 10.6 Å². The third kappa shape index (κ3) is 4.38. The number of fused-ring (bicyclic) bond motifs is 1. The van der Waals surface area contributed by atoms with Gasteiger partial charge in [-0.2, -0.15) is 9.61 Å². The smallest absolute Gasteiger partial charge is 0.321 e. The van der Waals surface area contributed by atoms with Gasteiger partial charge < -0.3 is 15.1 Å². The Hall–Kier alpha value is -3.72. The summed E-state index contributed by atoms with van der Waals surface area (Å²) in [5.41, 5.74) is 4.93. The Balaban J connectivity index is 1.30. The van der Waals surface area contributed by atoms with E-state index in [0.29, 0.717) is 37.0 Å². The molecule has 3 heterocycles. The van der Waals surface area contributed by atoms with Gasteiger partial charge in [0, 0.05) is 43.5 Å². The molecule has 8 nitrogen and oxygen atoms in total. The highest BCUT2D eigenvalue weighted by atomic mass is 32.1. The molecule has 1 fully saturated rings. The highest BCUT2D eigenvalue weighted by Gasteiger charge is 2.23. The summed E-state index contributed by atoms with van der Waals surface area (Å²) in [6.07, 6.45) is 0. The normalized spacial score (nSPS) is 14.0. The van der Waals surface area contributed by atoms with Gasteiger partial charge in [0.05, 0.1) is 0 Å². The van der Waals surface area contributed by atoms with E-state index < -0.39 is 0 Å². The summed E-state index contributed by atoms with van der Waals surface area (Å²) in [5, 5.41) is 8.27. The van der Waals surface area contributed by atoms with Crippen molar-refractivity contribution in [2.75, 3.05) is 36.4 Å². The van der Waals surface area contributed by atoms with Crippen molar-refractivity contribution >= 4 is 33.8 Å². The molecule has 2 aromatic carbocycles. The number of carbonyl (C=O) groups excluding carboxylic acids is 1. The average molecular weight is 475 g/mol. The van der Waals surface area contributed by atoms with E-state index >= 15 is 0 Å². The Morgan fingerprint density at radius 2 is 1.68 bits per heavy atom. The second-order valence-electron chi connectivity index (χ2n) is 8.65. The first kappa shape index (κ1) is 22.1. The molecule has 174 valence electrons. The number of rotatable bonds is 3. The number of piperazine rings is 1. The van der Waals surface area contributed by atoms with Crippen molar-refractivity contribution in [2.24, 2.45) is 0 Å². The summed E-state index contributed by atoms with van der Waals surface area (Å²) < 4.78 is 1.36. The van der Waals surface area contributed by atoms with Gasteiger partial charge >= 0.3 is 6.03 Å². The van der Waals surface area contributed by atoms with Crippen LogP contribution in [0.5, 0.6) is 0 Å². The second kappa shape index (κ2) is 8.90. The maximum absolute atomic E-state index is 12.8.